The highest BCUT2D eigenvalue weighted by atomic mass is 31.2. The average molecular weight is 561 g/mol. The van der Waals surface area contributed by atoms with Crippen LogP contribution in [0.5, 0.6) is 23.0 Å². The van der Waals surface area contributed by atoms with Gasteiger partial charge in [-0.25, -0.2) is 0 Å². The zero-order valence-corrected chi connectivity index (χ0v) is 24.5. The first kappa shape index (κ1) is 30.2. The molecular formula is C28H37N2O8P. The normalized spacial score (nSPS) is 11.4. The van der Waals surface area contributed by atoms with E-state index >= 15 is 0 Å². The summed E-state index contributed by atoms with van der Waals surface area (Å²) in [4.78, 5) is 18.6. The fraction of sp³-hybridized carbons (Fsp3) is 0.429. The minimum absolute atomic E-state index is 0.0413. The summed E-state index contributed by atoms with van der Waals surface area (Å²) < 4.78 is 45.7. The second kappa shape index (κ2) is 13.6. The summed E-state index contributed by atoms with van der Waals surface area (Å²) >= 11 is 0. The van der Waals surface area contributed by atoms with Crippen molar-refractivity contribution in [2.24, 2.45) is 0 Å². The Morgan fingerprint density at radius 2 is 1.44 bits per heavy atom. The minimum Gasteiger partial charge on any atom is -0.493 e. The van der Waals surface area contributed by atoms with Gasteiger partial charge < -0.3 is 33.3 Å². The molecule has 0 aliphatic heterocycles. The molecule has 10 nitrogen and oxygen atoms in total. The van der Waals surface area contributed by atoms with Gasteiger partial charge in [-0.15, -0.1) is 0 Å². The van der Waals surface area contributed by atoms with Gasteiger partial charge in [0.05, 0.1) is 64.6 Å². The average Bonchev–Trinajstić information content (AvgIpc) is 2.94. The van der Waals surface area contributed by atoms with Crippen molar-refractivity contribution in [2.75, 3.05) is 54.4 Å². The molecule has 0 aliphatic carbocycles. The van der Waals surface area contributed by atoms with Gasteiger partial charge in [-0.2, -0.15) is 0 Å². The van der Waals surface area contributed by atoms with Gasteiger partial charge in [0.25, 0.3) is 5.91 Å². The summed E-state index contributed by atoms with van der Waals surface area (Å²) in [5.74, 6) is 1.74. The summed E-state index contributed by atoms with van der Waals surface area (Å²) in [5, 5.41) is 3.59. The van der Waals surface area contributed by atoms with Crippen molar-refractivity contribution < 1.29 is 37.4 Å². The molecule has 0 radical (unpaired) electrons. The number of ether oxygens (including phenoxy) is 4. The lowest BCUT2D eigenvalue weighted by atomic mass is 9.92. The van der Waals surface area contributed by atoms with Crippen LogP contribution < -0.4 is 24.3 Å². The van der Waals surface area contributed by atoms with Gasteiger partial charge in [0, 0.05) is 23.6 Å². The van der Waals surface area contributed by atoms with Gasteiger partial charge in [-0.3, -0.25) is 14.3 Å². The number of hydrogen-bond acceptors (Lipinski definition) is 9. The summed E-state index contributed by atoms with van der Waals surface area (Å²) in [6.07, 6.45) is 0.531. The summed E-state index contributed by atoms with van der Waals surface area (Å²) in [5.41, 5.74) is 3.00. The van der Waals surface area contributed by atoms with Crippen molar-refractivity contribution in [3.05, 3.63) is 41.6 Å². The van der Waals surface area contributed by atoms with Crippen molar-refractivity contribution in [3.8, 4) is 34.1 Å². The third kappa shape index (κ3) is 6.64. The van der Waals surface area contributed by atoms with Gasteiger partial charge in [-0.1, -0.05) is 13.0 Å². The van der Waals surface area contributed by atoms with E-state index in [1.807, 2.05) is 25.1 Å². The summed E-state index contributed by atoms with van der Waals surface area (Å²) in [6, 6.07) is 9.07. The van der Waals surface area contributed by atoms with E-state index in [9.17, 15) is 9.36 Å². The molecule has 1 amide bonds. The molecule has 3 rings (SSSR count). The highest BCUT2D eigenvalue weighted by molar-refractivity contribution is 7.53. The third-order valence-electron chi connectivity index (χ3n) is 6.12. The molecular weight excluding hydrogens is 523 g/mol. The fourth-order valence-corrected chi connectivity index (χ4v) is 5.89. The van der Waals surface area contributed by atoms with Crippen molar-refractivity contribution in [2.45, 2.75) is 27.2 Å². The van der Waals surface area contributed by atoms with Crippen LogP contribution in [0, 0.1) is 0 Å². The monoisotopic (exact) mass is 560 g/mol. The first-order valence-corrected chi connectivity index (χ1v) is 14.5. The van der Waals surface area contributed by atoms with Gasteiger partial charge in [0.15, 0.2) is 23.0 Å². The van der Waals surface area contributed by atoms with Gasteiger partial charge in [0.1, 0.15) is 0 Å². The molecule has 0 bridgehead atoms. The second-order valence-corrected chi connectivity index (χ2v) is 10.6. The molecule has 3 aromatic rings. The predicted molar refractivity (Wildman–Crippen MR) is 151 cm³/mol. The minimum atomic E-state index is -3.33. The van der Waals surface area contributed by atoms with Crippen LogP contribution in [0.3, 0.4) is 0 Å². The van der Waals surface area contributed by atoms with Crippen molar-refractivity contribution in [1.29, 1.82) is 0 Å². The zero-order valence-electron chi connectivity index (χ0n) is 23.6. The Labute approximate surface area is 229 Å². The van der Waals surface area contributed by atoms with Gasteiger partial charge in [-0.05, 0) is 44.0 Å². The molecule has 0 aliphatic rings. The number of aryl methyl sites for hydroxylation is 1. The Morgan fingerprint density at radius 3 is 2.00 bits per heavy atom. The van der Waals surface area contributed by atoms with Crippen LogP contribution in [-0.4, -0.2) is 65.3 Å². The van der Waals surface area contributed by atoms with Crippen LogP contribution in [-0.2, 0) is 20.0 Å². The van der Waals surface area contributed by atoms with Crippen LogP contribution >= 0.6 is 7.60 Å². The Morgan fingerprint density at radius 1 is 0.846 bits per heavy atom. The molecule has 2 aromatic carbocycles. The Hall–Kier alpha value is -3.33. The number of carbonyl (C=O) groups excluding carboxylic acids is 1. The SMILES string of the molecule is CCOP(=O)(CCNC(=O)c1c(CC)nc2cc(OC)c(OC)cc2c1-c1ccc(OC)c(OC)c1)OCC. The van der Waals surface area contributed by atoms with E-state index in [2.05, 4.69) is 5.32 Å². The maximum Gasteiger partial charge on any atom is 0.332 e. The van der Waals surface area contributed by atoms with Crippen LogP contribution in [0.2, 0.25) is 0 Å². The number of fused-ring (bicyclic) bond motifs is 1. The number of nitrogens with zero attached hydrogens (tertiary/aromatic N) is 1. The van der Waals surface area contributed by atoms with E-state index in [-0.39, 0.29) is 31.8 Å². The number of nitrogens with one attached hydrogen (secondary N) is 1. The lowest BCUT2D eigenvalue weighted by Crippen LogP contribution is -2.29. The summed E-state index contributed by atoms with van der Waals surface area (Å²) in [7, 11) is 2.91. The first-order valence-electron chi connectivity index (χ1n) is 12.8. The Kier molecular flexibility index (Phi) is 10.6. The molecule has 212 valence electrons. The predicted octanol–water partition coefficient (Wildman–Crippen LogP) is 5.49. The van der Waals surface area contributed by atoms with E-state index in [0.717, 1.165) is 5.56 Å². The Balaban J connectivity index is 2.21. The molecule has 11 heteroatoms. The third-order valence-corrected chi connectivity index (χ3v) is 8.20. The van der Waals surface area contributed by atoms with Gasteiger partial charge >= 0.3 is 7.60 Å². The van der Waals surface area contributed by atoms with Crippen molar-refractivity contribution in [3.63, 3.8) is 0 Å². The topological polar surface area (TPSA) is 114 Å². The molecule has 0 saturated carbocycles. The number of amides is 1. The second-order valence-electron chi connectivity index (χ2n) is 8.38. The molecule has 1 N–H and O–H groups in total. The molecule has 0 unspecified atom stereocenters. The number of aromatic nitrogens is 1. The molecule has 0 saturated heterocycles. The highest BCUT2D eigenvalue weighted by Crippen LogP contribution is 2.47. The molecule has 1 heterocycles. The van der Waals surface area contributed by atoms with E-state index in [1.54, 1.807) is 54.4 Å². The van der Waals surface area contributed by atoms with Crippen molar-refractivity contribution in [1.82, 2.24) is 10.3 Å². The van der Waals surface area contributed by atoms with Crippen molar-refractivity contribution >= 4 is 24.4 Å². The van der Waals surface area contributed by atoms with E-state index in [4.69, 9.17) is 33.0 Å². The number of carbonyl (C=O) groups is 1. The zero-order chi connectivity index (χ0) is 28.6. The number of hydrogen-bond donors (Lipinski definition) is 1. The van der Waals surface area contributed by atoms with Crippen LogP contribution in [0.4, 0.5) is 0 Å². The first-order chi connectivity index (χ1) is 18.8. The maximum atomic E-state index is 13.8. The maximum absolute atomic E-state index is 13.8. The fourth-order valence-electron chi connectivity index (χ4n) is 4.39. The van der Waals surface area contributed by atoms with Gasteiger partial charge in [0.2, 0.25) is 0 Å². The molecule has 1 aromatic heterocycles. The lowest BCUT2D eigenvalue weighted by Gasteiger charge is -2.20. The number of benzene rings is 2. The quantitative estimate of drug-likeness (QED) is 0.256. The highest BCUT2D eigenvalue weighted by Gasteiger charge is 2.26. The molecule has 0 spiro atoms. The molecule has 0 atom stereocenters. The smallest absolute Gasteiger partial charge is 0.332 e. The lowest BCUT2D eigenvalue weighted by molar-refractivity contribution is 0.0955. The number of pyridine rings is 1. The van der Waals surface area contributed by atoms with E-state index in [1.165, 1.54) is 0 Å². The molecule has 39 heavy (non-hydrogen) atoms. The van der Waals surface area contributed by atoms with E-state index in [0.29, 0.717) is 57.1 Å². The number of rotatable bonds is 14. The van der Waals surface area contributed by atoms with E-state index < -0.39 is 7.60 Å². The van der Waals surface area contributed by atoms with Crippen LogP contribution in [0.25, 0.3) is 22.0 Å². The van der Waals surface area contributed by atoms with Crippen LogP contribution in [0.15, 0.2) is 30.3 Å². The molecule has 0 fully saturated rings. The Bertz CT molecular complexity index is 1350. The van der Waals surface area contributed by atoms with Crippen LogP contribution in [0.1, 0.15) is 36.8 Å². The number of methoxy groups -OCH3 is 4. The summed E-state index contributed by atoms with van der Waals surface area (Å²) in [6.45, 7) is 6.01. The standard InChI is InChI=1S/C28H37N2O8P/c1-8-20-27(28(31)29-13-14-39(32,37-9-2)38-10-3)26(18-11-12-22(33-4)23(15-18)34-5)19-16-24(35-6)25(36-7)17-21(19)30-20/h11-12,15-17H,8-10,13-14H2,1-7H3,(H,29,31). The largest absolute Gasteiger partial charge is 0.493 e.